The molecule has 0 amide bonds. The smallest absolute Gasteiger partial charge is 1.00 e. The zero-order valence-corrected chi connectivity index (χ0v) is 11.9. The van der Waals surface area contributed by atoms with Crippen molar-refractivity contribution < 1.29 is 21.7 Å². The molecule has 1 heterocycles. The summed E-state index contributed by atoms with van der Waals surface area (Å²) in [6.45, 7) is 4.25. The minimum Gasteiger partial charge on any atom is -1.00 e. The fourth-order valence-corrected chi connectivity index (χ4v) is 1.47. The molecule has 1 nitrogen and oxygen atoms in total. The molecule has 0 aliphatic carbocycles. The first kappa shape index (κ1) is 16.6. The third-order valence-corrected chi connectivity index (χ3v) is 2.43. The van der Waals surface area contributed by atoms with Gasteiger partial charge in [0.05, 0.1) is 0 Å². The zero-order chi connectivity index (χ0) is 9.07. The van der Waals surface area contributed by atoms with E-state index in [1.54, 1.807) is 0 Å². The average molecular weight is 261 g/mol. The van der Waals surface area contributed by atoms with Crippen LogP contribution in [0.5, 0.6) is 0 Å². The Kier molecular flexibility index (Phi) is 20.0. The van der Waals surface area contributed by atoms with Crippen molar-refractivity contribution in [3.63, 3.8) is 0 Å². The monoisotopic (exact) mass is 260 g/mol. The second-order valence-electron chi connectivity index (χ2n) is 3.23. The fourth-order valence-electron chi connectivity index (χ4n) is 1.11. The maximum absolute atomic E-state index is 4.94. The normalized spacial score (nSPS) is 14.4. The van der Waals surface area contributed by atoms with Gasteiger partial charge in [-0.2, -0.15) is 0 Å². The topological polar surface area (TPSA) is 9.23 Å². The molecule has 0 saturated carbocycles. The van der Waals surface area contributed by atoms with Crippen LogP contribution in [0.3, 0.4) is 0 Å². The number of ether oxygens (including phenoxy) is 1. The molecule has 0 spiro atoms. The van der Waals surface area contributed by atoms with Crippen LogP contribution in [0.4, 0.5) is 0 Å². The standard InChI is InChI=1S/C6H13.C4H8O.BrH.Mg/c1-3-5-6-4-2;1-2-4-5-3-1;;/h1,3-6H2,2H3;1-4H2;1H;/q;;;+1/p-1. The largest absolute Gasteiger partial charge is 1.00 e. The van der Waals surface area contributed by atoms with Crippen molar-refractivity contribution in [1.82, 2.24) is 0 Å². The molecule has 0 radical (unpaired) electrons. The quantitative estimate of drug-likeness (QED) is 0.509. The van der Waals surface area contributed by atoms with Gasteiger partial charge in [0, 0.05) is 13.2 Å². The van der Waals surface area contributed by atoms with Crippen LogP contribution in [0.25, 0.3) is 0 Å². The molecule has 3 heteroatoms. The Morgan fingerprint density at radius 3 is 2.00 bits per heavy atom. The molecular weight excluding hydrogens is 240 g/mol. The predicted octanol–water partition coefficient (Wildman–Crippen LogP) is -0.0457. The molecule has 76 valence electrons. The van der Waals surface area contributed by atoms with Gasteiger partial charge in [-0.1, -0.05) is 0 Å². The Bertz CT molecular complexity index is 65.7. The van der Waals surface area contributed by atoms with Crippen molar-refractivity contribution >= 4 is 21.7 Å². The van der Waals surface area contributed by atoms with Crippen LogP contribution < -0.4 is 17.0 Å². The van der Waals surface area contributed by atoms with E-state index < -0.39 is 0 Å². The molecule has 0 aromatic carbocycles. The zero-order valence-electron chi connectivity index (χ0n) is 8.86. The van der Waals surface area contributed by atoms with Gasteiger partial charge in [0.2, 0.25) is 0 Å². The first-order chi connectivity index (χ1) is 5.91. The summed E-state index contributed by atoms with van der Waals surface area (Å²) in [5.41, 5.74) is 0. The Balaban J connectivity index is 0. The fraction of sp³-hybridized carbons (Fsp3) is 1.00. The molecule has 0 unspecified atom stereocenters. The van der Waals surface area contributed by atoms with Crippen molar-refractivity contribution in [2.24, 2.45) is 0 Å². The summed E-state index contributed by atoms with van der Waals surface area (Å²) in [6, 6.07) is 0. The van der Waals surface area contributed by atoms with Crippen LogP contribution in [0.1, 0.15) is 45.4 Å². The summed E-state index contributed by atoms with van der Waals surface area (Å²) in [6.07, 6.45) is 8.23. The molecule has 0 aromatic rings. The van der Waals surface area contributed by atoms with Crippen molar-refractivity contribution in [1.29, 1.82) is 0 Å². The van der Waals surface area contributed by atoms with E-state index in [0.29, 0.717) is 0 Å². The molecule has 1 rings (SSSR count). The van der Waals surface area contributed by atoms with Gasteiger partial charge in [0.15, 0.2) is 0 Å². The number of unbranched alkanes of at least 4 members (excludes halogenated alkanes) is 3. The summed E-state index contributed by atoms with van der Waals surface area (Å²) in [4.78, 5) is 0. The Morgan fingerprint density at radius 2 is 1.69 bits per heavy atom. The van der Waals surface area contributed by atoms with Gasteiger partial charge in [0.25, 0.3) is 0 Å². The van der Waals surface area contributed by atoms with Gasteiger partial charge in [-0.15, -0.1) is 0 Å². The third-order valence-electron chi connectivity index (χ3n) is 1.93. The van der Waals surface area contributed by atoms with E-state index in [0.717, 1.165) is 13.2 Å². The second-order valence-corrected chi connectivity index (χ2v) is 3.94. The van der Waals surface area contributed by atoms with Crippen LogP contribution in [0.2, 0.25) is 4.55 Å². The van der Waals surface area contributed by atoms with E-state index in [9.17, 15) is 0 Å². The molecule has 1 aliphatic heterocycles. The van der Waals surface area contributed by atoms with Crippen LogP contribution in [0.15, 0.2) is 0 Å². The van der Waals surface area contributed by atoms with Crippen LogP contribution in [-0.4, -0.2) is 34.9 Å². The van der Waals surface area contributed by atoms with Gasteiger partial charge >= 0.3 is 58.9 Å². The van der Waals surface area contributed by atoms with E-state index >= 15 is 0 Å². The molecule has 0 bridgehead atoms. The average Bonchev–Trinajstić information content (AvgIpc) is 2.62. The number of hydrogen-bond acceptors (Lipinski definition) is 1. The number of hydrogen-bond donors (Lipinski definition) is 0. The van der Waals surface area contributed by atoms with Crippen LogP contribution in [-0.2, 0) is 4.74 Å². The van der Waals surface area contributed by atoms with Gasteiger partial charge in [0.1, 0.15) is 0 Å². The van der Waals surface area contributed by atoms with E-state index in [1.807, 2.05) is 0 Å². The molecule has 1 saturated heterocycles. The van der Waals surface area contributed by atoms with Crippen LogP contribution >= 0.6 is 0 Å². The van der Waals surface area contributed by atoms with Crippen molar-refractivity contribution in [3.8, 4) is 0 Å². The maximum atomic E-state index is 4.94. The summed E-state index contributed by atoms with van der Waals surface area (Å²) in [5.74, 6) is 0. The maximum Gasteiger partial charge on any atom is -1.00 e. The van der Waals surface area contributed by atoms with Gasteiger partial charge in [-0.05, 0) is 12.8 Å². The predicted molar refractivity (Wildman–Crippen MR) is 54.8 cm³/mol. The summed E-state index contributed by atoms with van der Waals surface area (Å²) < 4.78 is 6.33. The van der Waals surface area contributed by atoms with Gasteiger partial charge in [-0.3, -0.25) is 0 Å². The van der Waals surface area contributed by atoms with Gasteiger partial charge < -0.3 is 21.7 Å². The molecule has 1 fully saturated rings. The SMILES string of the molecule is C1CCOC1.CCCCC[CH2][Mg+].[Br-]. The Morgan fingerprint density at radius 1 is 1.08 bits per heavy atom. The minimum absolute atomic E-state index is 0. The third kappa shape index (κ3) is 15.9. The van der Waals surface area contributed by atoms with E-state index in [-0.39, 0.29) is 17.0 Å². The molecule has 1 aliphatic rings. The minimum atomic E-state index is 0. The number of rotatable bonds is 4. The van der Waals surface area contributed by atoms with Crippen molar-refractivity contribution in [2.45, 2.75) is 50.0 Å². The molecule has 0 aromatic heterocycles. The molecule has 13 heavy (non-hydrogen) atoms. The molecule has 0 atom stereocenters. The van der Waals surface area contributed by atoms with Gasteiger partial charge in [-0.25, -0.2) is 0 Å². The summed E-state index contributed by atoms with van der Waals surface area (Å²) >= 11 is 2.08. The molecular formula is C10H21BrMgO. The number of halogens is 1. The first-order valence-electron chi connectivity index (χ1n) is 5.28. The Labute approximate surface area is 106 Å². The first-order valence-corrected chi connectivity index (χ1v) is 6.28. The van der Waals surface area contributed by atoms with Crippen LogP contribution in [0, 0.1) is 0 Å². The van der Waals surface area contributed by atoms with Crippen molar-refractivity contribution in [2.75, 3.05) is 13.2 Å². The van der Waals surface area contributed by atoms with E-state index in [4.69, 9.17) is 4.74 Å². The molecule has 0 N–H and O–H groups in total. The second kappa shape index (κ2) is 15.7. The van der Waals surface area contributed by atoms with Crippen molar-refractivity contribution in [3.05, 3.63) is 0 Å². The van der Waals surface area contributed by atoms with E-state index in [1.165, 1.54) is 43.1 Å². The Hall–Kier alpha value is 1.21. The summed E-state index contributed by atoms with van der Waals surface area (Å²) in [5, 5.41) is 0. The van der Waals surface area contributed by atoms with E-state index in [2.05, 4.69) is 28.6 Å². The summed E-state index contributed by atoms with van der Waals surface area (Å²) in [7, 11) is 0.